The summed E-state index contributed by atoms with van der Waals surface area (Å²) in [6.07, 6.45) is 10.4. The highest BCUT2D eigenvalue weighted by Gasteiger charge is 2.50. The van der Waals surface area contributed by atoms with Gasteiger partial charge in [0.1, 0.15) is 5.75 Å². The van der Waals surface area contributed by atoms with Crippen LogP contribution in [0.3, 0.4) is 0 Å². The number of esters is 1. The van der Waals surface area contributed by atoms with Gasteiger partial charge in [0.25, 0.3) is 11.6 Å². The molecule has 0 aliphatic carbocycles. The molecule has 7 nitrogen and oxygen atoms in total. The third kappa shape index (κ3) is 7.07. The van der Waals surface area contributed by atoms with E-state index in [-0.39, 0.29) is 6.42 Å². The van der Waals surface area contributed by atoms with Gasteiger partial charge >= 0.3 is 11.9 Å². The molecule has 29 heavy (non-hydrogen) atoms. The maximum Gasteiger partial charge on any atom is 0.399 e. The largest absolute Gasteiger partial charge is 0.494 e. The van der Waals surface area contributed by atoms with Gasteiger partial charge in [0, 0.05) is 6.42 Å². The number of unbranched alkanes of at least 4 members (excludes halogenated alkanes) is 7. The van der Waals surface area contributed by atoms with Crippen LogP contribution in [0.15, 0.2) is 24.3 Å². The van der Waals surface area contributed by atoms with Crippen molar-refractivity contribution in [2.75, 3.05) is 6.61 Å². The van der Waals surface area contributed by atoms with Gasteiger partial charge in [-0.05, 0) is 30.5 Å². The lowest BCUT2D eigenvalue weighted by Crippen LogP contribution is -2.54. The number of carbonyl (C=O) groups excluding carboxylic acids is 3. The van der Waals surface area contributed by atoms with E-state index in [1.807, 2.05) is 24.3 Å². The number of benzene rings is 1. The fourth-order valence-corrected chi connectivity index (χ4v) is 3.35. The minimum absolute atomic E-state index is 0.0707. The predicted octanol–water partition coefficient (Wildman–Crippen LogP) is 2.99. The van der Waals surface area contributed by atoms with E-state index in [4.69, 9.17) is 15.2 Å². The molecule has 7 heteroatoms. The Kier molecular flexibility index (Phi) is 8.96. The van der Waals surface area contributed by atoms with Crippen molar-refractivity contribution >= 4 is 17.8 Å². The fraction of sp³-hybridized carbons (Fsp3) is 0.591. The molecule has 1 saturated heterocycles. The number of hydrogen-bond donors (Lipinski definition) is 2. The topological polar surface area (TPSA) is 108 Å². The van der Waals surface area contributed by atoms with Crippen LogP contribution in [0.5, 0.6) is 5.75 Å². The highest BCUT2D eigenvalue weighted by Crippen LogP contribution is 2.23. The van der Waals surface area contributed by atoms with E-state index in [1.165, 1.54) is 38.5 Å². The molecular weight excluding hydrogens is 372 g/mol. The van der Waals surface area contributed by atoms with E-state index in [0.29, 0.717) is 13.0 Å². The van der Waals surface area contributed by atoms with Crippen molar-refractivity contribution in [2.24, 2.45) is 5.73 Å². The van der Waals surface area contributed by atoms with Crippen molar-refractivity contribution in [3.8, 4) is 5.75 Å². The van der Waals surface area contributed by atoms with Crippen LogP contribution in [0, 0.1) is 0 Å². The Balaban J connectivity index is 1.73. The summed E-state index contributed by atoms with van der Waals surface area (Å²) in [6, 6.07) is 7.53. The summed E-state index contributed by atoms with van der Waals surface area (Å²) < 4.78 is 10.7. The van der Waals surface area contributed by atoms with Crippen molar-refractivity contribution in [1.82, 2.24) is 5.32 Å². The van der Waals surface area contributed by atoms with Gasteiger partial charge in [0.2, 0.25) is 0 Å². The zero-order chi connectivity index (χ0) is 21.1. The first-order valence-corrected chi connectivity index (χ1v) is 10.5. The van der Waals surface area contributed by atoms with E-state index in [0.717, 1.165) is 24.2 Å². The molecule has 2 rings (SSSR count). The number of primary amides is 1. The molecule has 1 aromatic carbocycles. The minimum Gasteiger partial charge on any atom is -0.494 e. The van der Waals surface area contributed by atoms with E-state index in [2.05, 4.69) is 12.2 Å². The second-order valence-corrected chi connectivity index (χ2v) is 7.51. The van der Waals surface area contributed by atoms with Crippen molar-refractivity contribution in [1.29, 1.82) is 0 Å². The number of ether oxygens (including phenoxy) is 2. The number of carbonyl (C=O) groups is 3. The van der Waals surface area contributed by atoms with Crippen LogP contribution >= 0.6 is 0 Å². The second kappa shape index (κ2) is 11.4. The maximum atomic E-state index is 11.7. The molecule has 1 aliphatic rings. The Morgan fingerprint density at radius 2 is 1.79 bits per heavy atom. The Labute approximate surface area is 172 Å². The lowest BCUT2D eigenvalue weighted by atomic mass is 10.0. The zero-order valence-electron chi connectivity index (χ0n) is 17.2. The monoisotopic (exact) mass is 404 g/mol. The third-order valence-electron chi connectivity index (χ3n) is 5.10. The number of amides is 2. The van der Waals surface area contributed by atoms with E-state index in [9.17, 15) is 14.4 Å². The zero-order valence-corrected chi connectivity index (χ0v) is 17.2. The van der Waals surface area contributed by atoms with Gasteiger partial charge in [-0.3, -0.25) is 9.59 Å². The number of aryl methyl sites for hydroxylation is 1. The summed E-state index contributed by atoms with van der Waals surface area (Å²) in [4.78, 5) is 34.5. The van der Waals surface area contributed by atoms with Gasteiger partial charge in [0.15, 0.2) is 0 Å². The molecule has 1 fully saturated rings. The van der Waals surface area contributed by atoms with Crippen molar-refractivity contribution in [3.05, 3.63) is 29.8 Å². The van der Waals surface area contributed by atoms with Crippen LogP contribution in [0.1, 0.15) is 70.3 Å². The van der Waals surface area contributed by atoms with Crippen LogP contribution in [-0.2, 0) is 25.5 Å². The average molecular weight is 405 g/mol. The number of nitrogens with one attached hydrogen (secondary N) is 1. The van der Waals surface area contributed by atoms with Crippen LogP contribution in [0.2, 0.25) is 0 Å². The molecule has 0 bridgehead atoms. The summed E-state index contributed by atoms with van der Waals surface area (Å²) in [5.41, 5.74) is 4.46. The fourth-order valence-electron chi connectivity index (χ4n) is 3.35. The van der Waals surface area contributed by atoms with Gasteiger partial charge in [0.05, 0.1) is 6.61 Å². The molecule has 1 unspecified atom stereocenters. The molecule has 1 atom stereocenters. The SMILES string of the molecule is CCCCCCCCCCOc1cccc(CCC2(C(N)=O)NC(=O)C(=O)O2)c1. The van der Waals surface area contributed by atoms with Crippen molar-refractivity contribution in [2.45, 2.75) is 76.9 Å². The van der Waals surface area contributed by atoms with Crippen LogP contribution < -0.4 is 15.8 Å². The summed E-state index contributed by atoms with van der Waals surface area (Å²) >= 11 is 0. The lowest BCUT2D eigenvalue weighted by Gasteiger charge is -2.23. The smallest absolute Gasteiger partial charge is 0.399 e. The highest BCUT2D eigenvalue weighted by atomic mass is 16.6. The van der Waals surface area contributed by atoms with Crippen LogP contribution in [0.4, 0.5) is 0 Å². The second-order valence-electron chi connectivity index (χ2n) is 7.51. The number of rotatable bonds is 14. The van der Waals surface area contributed by atoms with E-state index >= 15 is 0 Å². The molecule has 0 saturated carbocycles. The van der Waals surface area contributed by atoms with Crippen molar-refractivity contribution in [3.63, 3.8) is 0 Å². The summed E-state index contributed by atoms with van der Waals surface area (Å²) in [7, 11) is 0. The molecule has 160 valence electrons. The van der Waals surface area contributed by atoms with Gasteiger partial charge in [-0.2, -0.15) is 0 Å². The van der Waals surface area contributed by atoms with Gasteiger partial charge in [-0.25, -0.2) is 4.79 Å². The Morgan fingerprint density at radius 1 is 1.10 bits per heavy atom. The summed E-state index contributed by atoms with van der Waals surface area (Å²) in [5.74, 6) is -2.18. The van der Waals surface area contributed by atoms with E-state index in [1.54, 1.807) is 0 Å². The normalized spacial score (nSPS) is 18.4. The van der Waals surface area contributed by atoms with Crippen LogP contribution in [-0.4, -0.2) is 30.1 Å². The minimum atomic E-state index is -1.78. The Morgan fingerprint density at radius 3 is 2.41 bits per heavy atom. The van der Waals surface area contributed by atoms with Gasteiger partial charge in [-0.15, -0.1) is 0 Å². The standard InChI is InChI=1S/C22H32N2O5/c1-2-3-4-5-6-7-8-9-15-28-18-12-10-11-17(16-18)13-14-22(21(23)27)24-19(25)20(26)29-22/h10-12,16H,2-9,13-15H2,1H3,(H2,23,27)(H,24,25). The average Bonchev–Trinajstić information content (AvgIpc) is 3.00. The quantitative estimate of drug-likeness (QED) is 0.282. The molecular formula is C22H32N2O5. The van der Waals surface area contributed by atoms with E-state index < -0.39 is 23.5 Å². The number of nitrogens with two attached hydrogens (primary N) is 1. The molecule has 2 amide bonds. The first-order valence-electron chi connectivity index (χ1n) is 10.5. The Bertz CT molecular complexity index is 688. The summed E-state index contributed by atoms with van der Waals surface area (Å²) in [5, 5.41) is 2.25. The maximum absolute atomic E-state index is 11.7. The number of hydrogen-bond acceptors (Lipinski definition) is 5. The molecule has 1 aromatic rings. The first kappa shape index (κ1) is 22.7. The van der Waals surface area contributed by atoms with Gasteiger partial charge in [-0.1, -0.05) is 64.0 Å². The molecule has 1 aliphatic heterocycles. The highest BCUT2D eigenvalue weighted by molar-refractivity contribution is 6.35. The lowest BCUT2D eigenvalue weighted by molar-refractivity contribution is -0.160. The van der Waals surface area contributed by atoms with Crippen LogP contribution in [0.25, 0.3) is 0 Å². The first-order chi connectivity index (χ1) is 14.0. The predicted molar refractivity (Wildman–Crippen MR) is 109 cm³/mol. The molecule has 0 aromatic heterocycles. The van der Waals surface area contributed by atoms with Gasteiger partial charge < -0.3 is 20.5 Å². The molecule has 0 radical (unpaired) electrons. The summed E-state index contributed by atoms with van der Waals surface area (Å²) in [6.45, 7) is 2.89. The molecule has 0 spiro atoms. The Hall–Kier alpha value is -2.57. The number of cyclic esters (lactones) is 1. The molecule has 1 heterocycles. The third-order valence-corrected chi connectivity index (χ3v) is 5.10. The van der Waals surface area contributed by atoms with Crippen molar-refractivity contribution < 1.29 is 23.9 Å². The molecule has 3 N–H and O–H groups in total.